The van der Waals surface area contributed by atoms with Crippen molar-refractivity contribution in [3.05, 3.63) is 30.1 Å². The fourth-order valence-electron chi connectivity index (χ4n) is 1.71. The number of nitrogens with zero attached hydrogens (tertiary/aromatic N) is 2. The van der Waals surface area contributed by atoms with Gasteiger partial charge in [-0.2, -0.15) is 0 Å². The molecule has 0 saturated carbocycles. The molecule has 1 atom stereocenters. The van der Waals surface area contributed by atoms with Crippen molar-refractivity contribution in [3.63, 3.8) is 0 Å². The van der Waals surface area contributed by atoms with Gasteiger partial charge in [-0.05, 0) is 38.7 Å². The molecule has 0 amide bonds. The van der Waals surface area contributed by atoms with Crippen molar-refractivity contribution in [2.75, 3.05) is 34.3 Å². The molecule has 1 aromatic heterocycles. The summed E-state index contributed by atoms with van der Waals surface area (Å²) in [6.45, 7) is 3.36. The number of carbonyl (C=O) groups excluding carboxylic acids is 1. The number of hydrogen-bond donors (Lipinski definition) is 1. The second-order valence-electron chi connectivity index (χ2n) is 4.58. The average molecular weight is 251 g/mol. The molecule has 0 saturated heterocycles. The van der Waals surface area contributed by atoms with E-state index in [1.54, 1.807) is 12.4 Å². The van der Waals surface area contributed by atoms with Crippen molar-refractivity contribution in [1.82, 2.24) is 15.2 Å². The second kappa shape index (κ2) is 6.47. The van der Waals surface area contributed by atoms with Crippen LogP contribution in [0.1, 0.15) is 12.5 Å². The Balaban J connectivity index is 2.86. The molecule has 0 aliphatic carbocycles. The Kier molecular flexibility index (Phi) is 5.25. The molecule has 5 nitrogen and oxygen atoms in total. The maximum absolute atomic E-state index is 12.0. The summed E-state index contributed by atoms with van der Waals surface area (Å²) in [7, 11) is 5.38. The van der Waals surface area contributed by atoms with Crippen molar-refractivity contribution in [1.29, 1.82) is 0 Å². The SMILES string of the molecule is COC(=O)C(C)(NCCN(C)C)c1ccncc1. The van der Waals surface area contributed by atoms with Gasteiger partial charge in [0.15, 0.2) is 0 Å². The summed E-state index contributed by atoms with van der Waals surface area (Å²) in [6.07, 6.45) is 3.34. The fraction of sp³-hybridized carbons (Fsp3) is 0.538. The van der Waals surface area contributed by atoms with Crippen LogP contribution in [0.5, 0.6) is 0 Å². The van der Waals surface area contributed by atoms with Gasteiger partial charge < -0.3 is 9.64 Å². The summed E-state index contributed by atoms with van der Waals surface area (Å²) in [4.78, 5) is 18.0. The minimum atomic E-state index is -0.840. The predicted molar refractivity (Wildman–Crippen MR) is 70.2 cm³/mol. The lowest BCUT2D eigenvalue weighted by Gasteiger charge is -2.29. The van der Waals surface area contributed by atoms with Crippen LogP contribution in [0, 0.1) is 0 Å². The molecular formula is C13H21N3O2. The van der Waals surface area contributed by atoms with E-state index in [1.807, 2.05) is 33.2 Å². The third-order valence-corrected chi connectivity index (χ3v) is 2.89. The molecule has 1 aromatic rings. The lowest BCUT2D eigenvalue weighted by molar-refractivity contribution is -0.148. The van der Waals surface area contributed by atoms with E-state index in [-0.39, 0.29) is 5.97 Å². The first kappa shape index (κ1) is 14.6. The lowest BCUT2D eigenvalue weighted by atomic mass is 9.93. The van der Waals surface area contributed by atoms with Gasteiger partial charge in [-0.1, -0.05) is 0 Å². The van der Waals surface area contributed by atoms with Gasteiger partial charge in [0.1, 0.15) is 5.54 Å². The third kappa shape index (κ3) is 3.51. The maximum atomic E-state index is 12.0. The number of aromatic nitrogens is 1. The highest BCUT2D eigenvalue weighted by Crippen LogP contribution is 2.21. The van der Waals surface area contributed by atoms with Crippen LogP contribution in [0.2, 0.25) is 0 Å². The van der Waals surface area contributed by atoms with Gasteiger partial charge in [0.05, 0.1) is 7.11 Å². The maximum Gasteiger partial charge on any atom is 0.330 e. The molecule has 0 aromatic carbocycles. The molecule has 5 heteroatoms. The monoisotopic (exact) mass is 251 g/mol. The molecule has 0 radical (unpaired) electrons. The summed E-state index contributed by atoms with van der Waals surface area (Å²) in [5.74, 6) is -0.299. The quantitative estimate of drug-likeness (QED) is 0.751. The van der Waals surface area contributed by atoms with E-state index >= 15 is 0 Å². The topological polar surface area (TPSA) is 54.5 Å². The van der Waals surface area contributed by atoms with Crippen LogP contribution >= 0.6 is 0 Å². The number of pyridine rings is 1. The second-order valence-corrected chi connectivity index (χ2v) is 4.58. The van der Waals surface area contributed by atoms with Crippen LogP contribution in [0.15, 0.2) is 24.5 Å². The number of likely N-dealkylation sites (N-methyl/N-ethyl adjacent to an activating group) is 1. The zero-order chi connectivity index (χ0) is 13.6. The number of hydrogen-bond acceptors (Lipinski definition) is 5. The van der Waals surface area contributed by atoms with E-state index in [2.05, 4.69) is 15.2 Å². The molecule has 1 heterocycles. The summed E-state index contributed by atoms with van der Waals surface area (Å²) < 4.78 is 4.89. The summed E-state index contributed by atoms with van der Waals surface area (Å²) in [5, 5.41) is 3.25. The Morgan fingerprint density at radius 3 is 2.56 bits per heavy atom. The van der Waals surface area contributed by atoms with Crippen molar-refractivity contribution >= 4 is 5.97 Å². The van der Waals surface area contributed by atoms with Gasteiger partial charge in [-0.25, -0.2) is 4.79 Å². The van der Waals surface area contributed by atoms with E-state index in [4.69, 9.17) is 4.74 Å². The van der Waals surface area contributed by atoms with Crippen LogP contribution in [-0.2, 0) is 15.1 Å². The molecule has 1 rings (SSSR count). The lowest BCUT2D eigenvalue weighted by Crippen LogP contribution is -2.49. The summed E-state index contributed by atoms with van der Waals surface area (Å²) >= 11 is 0. The third-order valence-electron chi connectivity index (χ3n) is 2.89. The van der Waals surface area contributed by atoms with Gasteiger partial charge in [0, 0.05) is 25.5 Å². The van der Waals surface area contributed by atoms with Crippen molar-refractivity contribution in [2.45, 2.75) is 12.5 Å². The highest BCUT2D eigenvalue weighted by atomic mass is 16.5. The molecule has 100 valence electrons. The molecule has 0 aliphatic heterocycles. The normalized spacial score (nSPS) is 14.3. The number of esters is 1. The van der Waals surface area contributed by atoms with Crippen LogP contribution in [-0.4, -0.2) is 50.1 Å². The Morgan fingerprint density at radius 1 is 1.44 bits per heavy atom. The smallest absolute Gasteiger partial charge is 0.330 e. The molecule has 18 heavy (non-hydrogen) atoms. The predicted octanol–water partition coefficient (Wildman–Crippen LogP) is 0.621. The standard InChI is InChI=1S/C13H21N3O2/c1-13(12(17)18-4,15-9-10-16(2)3)11-5-7-14-8-6-11/h5-8,15H,9-10H2,1-4H3. The van der Waals surface area contributed by atoms with E-state index in [9.17, 15) is 4.79 Å². The number of rotatable bonds is 6. The number of carbonyl (C=O) groups is 1. The van der Waals surface area contributed by atoms with Gasteiger partial charge in [-0.15, -0.1) is 0 Å². The highest BCUT2D eigenvalue weighted by molar-refractivity contribution is 5.82. The minimum absolute atomic E-state index is 0.299. The van der Waals surface area contributed by atoms with E-state index < -0.39 is 5.54 Å². The molecular weight excluding hydrogens is 230 g/mol. The largest absolute Gasteiger partial charge is 0.467 e. The van der Waals surface area contributed by atoms with E-state index in [0.717, 1.165) is 12.1 Å². The van der Waals surface area contributed by atoms with Gasteiger partial charge in [0.2, 0.25) is 0 Å². The first-order valence-corrected chi connectivity index (χ1v) is 5.89. The molecule has 1 N–H and O–H groups in total. The molecule has 0 aliphatic rings. The Hall–Kier alpha value is -1.46. The van der Waals surface area contributed by atoms with E-state index in [1.165, 1.54) is 7.11 Å². The molecule has 0 bridgehead atoms. The average Bonchev–Trinajstić information content (AvgIpc) is 2.38. The van der Waals surface area contributed by atoms with Crippen LogP contribution < -0.4 is 5.32 Å². The van der Waals surface area contributed by atoms with Gasteiger partial charge >= 0.3 is 5.97 Å². The van der Waals surface area contributed by atoms with Crippen LogP contribution in [0.4, 0.5) is 0 Å². The zero-order valence-electron chi connectivity index (χ0n) is 11.4. The Labute approximate surface area is 108 Å². The minimum Gasteiger partial charge on any atom is -0.467 e. The number of methoxy groups -OCH3 is 1. The summed E-state index contributed by atoms with van der Waals surface area (Å²) in [5.41, 5.74) is 0.0105. The highest BCUT2D eigenvalue weighted by Gasteiger charge is 2.35. The zero-order valence-corrected chi connectivity index (χ0v) is 11.4. The first-order valence-electron chi connectivity index (χ1n) is 5.89. The number of nitrogens with one attached hydrogen (secondary N) is 1. The molecule has 1 unspecified atom stereocenters. The Morgan fingerprint density at radius 2 is 2.06 bits per heavy atom. The van der Waals surface area contributed by atoms with Gasteiger partial charge in [0.25, 0.3) is 0 Å². The van der Waals surface area contributed by atoms with Crippen molar-refractivity contribution in [3.8, 4) is 0 Å². The van der Waals surface area contributed by atoms with Crippen molar-refractivity contribution in [2.24, 2.45) is 0 Å². The van der Waals surface area contributed by atoms with Crippen LogP contribution in [0.25, 0.3) is 0 Å². The molecule has 0 spiro atoms. The Bertz CT molecular complexity index is 381. The first-order chi connectivity index (χ1) is 8.50. The summed E-state index contributed by atoms with van der Waals surface area (Å²) in [6, 6.07) is 3.64. The van der Waals surface area contributed by atoms with Gasteiger partial charge in [-0.3, -0.25) is 10.3 Å². The molecule has 0 fully saturated rings. The fourth-order valence-corrected chi connectivity index (χ4v) is 1.71. The van der Waals surface area contributed by atoms with E-state index in [0.29, 0.717) is 6.54 Å². The van der Waals surface area contributed by atoms with Crippen LogP contribution in [0.3, 0.4) is 0 Å². The van der Waals surface area contributed by atoms with Crippen molar-refractivity contribution < 1.29 is 9.53 Å². The number of ether oxygens (including phenoxy) is 1.